The van der Waals surface area contributed by atoms with Gasteiger partial charge in [-0.25, -0.2) is 4.79 Å². The van der Waals surface area contributed by atoms with E-state index in [-0.39, 0.29) is 5.41 Å². The van der Waals surface area contributed by atoms with E-state index in [4.69, 9.17) is 5.11 Å². The van der Waals surface area contributed by atoms with Crippen molar-refractivity contribution < 1.29 is 9.90 Å². The van der Waals surface area contributed by atoms with E-state index in [1.54, 1.807) is 12.1 Å². The van der Waals surface area contributed by atoms with Gasteiger partial charge < -0.3 is 5.11 Å². The van der Waals surface area contributed by atoms with Gasteiger partial charge in [0.05, 0.1) is 5.56 Å². The molecule has 2 nitrogen and oxygen atoms in total. The summed E-state index contributed by atoms with van der Waals surface area (Å²) in [4.78, 5) is 10.9. The first-order valence-corrected chi connectivity index (χ1v) is 5.44. The minimum Gasteiger partial charge on any atom is -0.478 e. The van der Waals surface area contributed by atoms with Crippen molar-refractivity contribution in [2.45, 2.75) is 26.2 Å². The second-order valence-corrected chi connectivity index (χ2v) is 5.30. The zero-order valence-electron chi connectivity index (χ0n) is 8.47. The Balaban J connectivity index is 3.35. The Hall–Kier alpha value is -0.580. The van der Waals surface area contributed by atoms with E-state index in [1.807, 2.05) is 6.07 Å². The molecule has 0 bridgehead atoms. The average Bonchev–Trinajstić information content (AvgIpc) is 2.01. The van der Waals surface area contributed by atoms with Gasteiger partial charge in [-0.05, 0) is 39.6 Å². The lowest BCUT2D eigenvalue weighted by molar-refractivity contribution is 0.0695. The lowest BCUT2D eigenvalue weighted by Gasteiger charge is -2.21. The van der Waals surface area contributed by atoms with E-state index in [0.29, 0.717) is 5.56 Å². The largest absolute Gasteiger partial charge is 0.478 e. The van der Waals surface area contributed by atoms with E-state index in [2.05, 4.69) is 43.4 Å². The molecule has 1 N–H and O–H groups in total. The minimum atomic E-state index is -0.861. The maximum Gasteiger partial charge on any atom is 0.336 e. The first kappa shape index (κ1) is 11.5. The van der Waals surface area contributed by atoms with Crippen LogP contribution in [0.15, 0.2) is 18.2 Å². The third kappa shape index (κ3) is 2.26. The smallest absolute Gasteiger partial charge is 0.336 e. The molecule has 0 saturated heterocycles. The molecule has 0 fully saturated rings. The van der Waals surface area contributed by atoms with Crippen LogP contribution in [0, 0.1) is 3.57 Å². The topological polar surface area (TPSA) is 37.3 Å². The predicted octanol–water partition coefficient (Wildman–Crippen LogP) is 3.29. The Morgan fingerprint density at radius 2 is 1.93 bits per heavy atom. The average molecular weight is 304 g/mol. The number of benzene rings is 1. The highest BCUT2D eigenvalue weighted by Gasteiger charge is 2.20. The summed E-state index contributed by atoms with van der Waals surface area (Å²) in [6.07, 6.45) is 0. The van der Waals surface area contributed by atoms with Gasteiger partial charge in [0.1, 0.15) is 0 Å². The molecular formula is C11H13IO2. The van der Waals surface area contributed by atoms with Crippen molar-refractivity contribution in [1.29, 1.82) is 0 Å². The third-order valence-electron chi connectivity index (χ3n) is 2.04. The zero-order chi connectivity index (χ0) is 10.9. The van der Waals surface area contributed by atoms with Crippen LogP contribution in [0.5, 0.6) is 0 Å². The molecule has 76 valence electrons. The zero-order valence-corrected chi connectivity index (χ0v) is 10.6. The number of carbonyl (C=O) groups is 1. The van der Waals surface area contributed by atoms with Crippen LogP contribution in [0.25, 0.3) is 0 Å². The molecule has 0 aromatic heterocycles. The Bertz CT molecular complexity index is 364. The van der Waals surface area contributed by atoms with Crippen LogP contribution in [0.3, 0.4) is 0 Å². The molecular weight excluding hydrogens is 291 g/mol. The second-order valence-electron chi connectivity index (χ2n) is 4.22. The fourth-order valence-electron chi connectivity index (χ4n) is 1.28. The number of carboxylic acid groups (broad SMARTS) is 1. The van der Waals surface area contributed by atoms with Gasteiger partial charge in [-0.15, -0.1) is 0 Å². The van der Waals surface area contributed by atoms with Crippen LogP contribution >= 0.6 is 22.6 Å². The lowest BCUT2D eigenvalue weighted by atomic mass is 9.86. The molecule has 0 aliphatic rings. The van der Waals surface area contributed by atoms with Crippen molar-refractivity contribution >= 4 is 28.6 Å². The lowest BCUT2D eigenvalue weighted by Crippen LogP contribution is -2.15. The first-order valence-electron chi connectivity index (χ1n) is 4.36. The summed E-state index contributed by atoms with van der Waals surface area (Å²) < 4.78 is 0.838. The number of hydrogen-bond donors (Lipinski definition) is 1. The molecule has 1 rings (SSSR count). The normalized spacial score (nSPS) is 11.4. The number of carboxylic acids is 1. The van der Waals surface area contributed by atoms with Gasteiger partial charge in [-0.3, -0.25) is 0 Å². The van der Waals surface area contributed by atoms with Crippen molar-refractivity contribution in [2.75, 3.05) is 0 Å². The maximum absolute atomic E-state index is 10.9. The van der Waals surface area contributed by atoms with Crippen LogP contribution in [-0.2, 0) is 5.41 Å². The highest BCUT2D eigenvalue weighted by molar-refractivity contribution is 14.1. The van der Waals surface area contributed by atoms with Crippen LogP contribution in [0.2, 0.25) is 0 Å². The summed E-state index contributed by atoms with van der Waals surface area (Å²) in [5.41, 5.74) is 1.46. The Morgan fingerprint density at radius 3 is 2.36 bits per heavy atom. The Morgan fingerprint density at radius 1 is 1.36 bits per heavy atom. The molecule has 14 heavy (non-hydrogen) atoms. The molecule has 3 heteroatoms. The third-order valence-corrected chi connectivity index (χ3v) is 3.20. The summed E-state index contributed by atoms with van der Waals surface area (Å²) in [6, 6.07) is 5.42. The molecule has 0 aliphatic heterocycles. The summed E-state index contributed by atoms with van der Waals surface area (Å²) in [6.45, 7) is 6.24. The van der Waals surface area contributed by atoms with Crippen LogP contribution in [-0.4, -0.2) is 11.1 Å². The van der Waals surface area contributed by atoms with Crippen molar-refractivity contribution in [1.82, 2.24) is 0 Å². The van der Waals surface area contributed by atoms with Gasteiger partial charge in [0.25, 0.3) is 0 Å². The Labute approximate surface area is 97.5 Å². The summed E-state index contributed by atoms with van der Waals surface area (Å²) in [7, 11) is 0. The van der Waals surface area contributed by atoms with E-state index >= 15 is 0 Å². The molecule has 0 spiro atoms. The Kier molecular flexibility index (Phi) is 3.19. The van der Waals surface area contributed by atoms with Crippen molar-refractivity contribution in [3.8, 4) is 0 Å². The van der Waals surface area contributed by atoms with Crippen molar-refractivity contribution in [3.05, 3.63) is 32.9 Å². The molecule has 0 aliphatic carbocycles. The molecule has 1 aromatic rings. The predicted molar refractivity (Wildman–Crippen MR) is 64.8 cm³/mol. The highest BCUT2D eigenvalue weighted by atomic mass is 127. The summed E-state index contributed by atoms with van der Waals surface area (Å²) in [5.74, 6) is -0.861. The van der Waals surface area contributed by atoms with Gasteiger partial charge in [-0.2, -0.15) is 0 Å². The number of halogens is 1. The quantitative estimate of drug-likeness (QED) is 0.808. The van der Waals surface area contributed by atoms with E-state index < -0.39 is 5.97 Å². The first-order chi connectivity index (χ1) is 6.34. The van der Waals surface area contributed by atoms with Gasteiger partial charge in [0.15, 0.2) is 0 Å². The SMILES string of the molecule is CC(C)(C)c1cccc(C(=O)O)c1I. The molecule has 0 radical (unpaired) electrons. The molecule has 0 unspecified atom stereocenters. The van der Waals surface area contributed by atoms with Gasteiger partial charge in [0.2, 0.25) is 0 Å². The number of hydrogen-bond acceptors (Lipinski definition) is 1. The molecule has 0 amide bonds. The monoisotopic (exact) mass is 304 g/mol. The maximum atomic E-state index is 10.9. The number of aromatic carboxylic acids is 1. The van der Waals surface area contributed by atoms with E-state index in [1.165, 1.54) is 0 Å². The van der Waals surface area contributed by atoms with Crippen LogP contribution in [0.4, 0.5) is 0 Å². The van der Waals surface area contributed by atoms with Crippen molar-refractivity contribution in [2.24, 2.45) is 0 Å². The fraction of sp³-hybridized carbons (Fsp3) is 0.364. The van der Waals surface area contributed by atoms with Crippen molar-refractivity contribution in [3.63, 3.8) is 0 Å². The summed E-state index contributed by atoms with van der Waals surface area (Å²) in [5, 5.41) is 8.95. The van der Waals surface area contributed by atoms with Gasteiger partial charge in [0, 0.05) is 3.57 Å². The van der Waals surface area contributed by atoms with Gasteiger partial charge >= 0.3 is 5.97 Å². The number of rotatable bonds is 1. The molecule has 0 heterocycles. The molecule has 1 aromatic carbocycles. The fourth-order valence-corrected chi connectivity index (χ4v) is 2.68. The highest BCUT2D eigenvalue weighted by Crippen LogP contribution is 2.28. The van der Waals surface area contributed by atoms with E-state index in [9.17, 15) is 4.79 Å². The summed E-state index contributed by atoms with van der Waals surface area (Å²) >= 11 is 2.10. The molecule has 0 atom stereocenters. The standard InChI is InChI=1S/C11H13IO2/c1-11(2,3)8-6-4-5-7(9(8)12)10(13)14/h4-6H,1-3H3,(H,13,14). The van der Waals surface area contributed by atoms with Gasteiger partial charge in [-0.1, -0.05) is 32.9 Å². The second kappa shape index (κ2) is 3.88. The van der Waals surface area contributed by atoms with E-state index in [0.717, 1.165) is 9.13 Å². The van der Waals surface area contributed by atoms with Crippen LogP contribution < -0.4 is 0 Å². The molecule has 0 saturated carbocycles. The minimum absolute atomic E-state index is 0.0119. The van der Waals surface area contributed by atoms with Crippen LogP contribution in [0.1, 0.15) is 36.7 Å².